The molecule has 0 saturated carbocycles. The van der Waals surface area contributed by atoms with Crippen molar-refractivity contribution in [2.24, 2.45) is 0 Å². The zero-order valence-electron chi connectivity index (χ0n) is 13.4. The summed E-state index contributed by atoms with van der Waals surface area (Å²) in [5, 5.41) is 2.92. The molecule has 1 unspecified atom stereocenters. The van der Waals surface area contributed by atoms with Crippen LogP contribution >= 0.6 is 0 Å². The minimum absolute atomic E-state index is 0.0834. The van der Waals surface area contributed by atoms with Gasteiger partial charge in [0.05, 0.1) is 12.5 Å². The van der Waals surface area contributed by atoms with Crippen LogP contribution in [0.1, 0.15) is 53.0 Å². The fourth-order valence-corrected chi connectivity index (χ4v) is 3.69. The van der Waals surface area contributed by atoms with Crippen molar-refractivity contribution in [1.82, 2.24) is 20.2 Å². The maximum atomic E-state index is 12.6. The normalized spacial score (nSPS) is 20.8. The Labute approximate surface area is 140 Å². The van der Waals surface area contributed by atoms with Crippen molar-refractivity contribution in [3.8, 4) is 0 Å². The SMILES string of the molecule is O=C1NC(CC(=O)N2CCC(c3ncc[nH]3)CC2)c2ccccc21. The average molecular weight is 324 g/mol. The topological polar surface area (TPSA) is 78.1 Å². The molecule has 0 radical (unpaired) electrons. The molecule has 1 fully saturated rings. The molecular formula is C18H20N4O2. The van der Waals surface area contributed by atoms with Crippen molar-refractivity contribution in [1.29, 1.82) is 0 Å². The first kappa shape index (κ1) is 14.9. The minimum atomic E-state index is -0.205. The molecule has 2 aliphatic heterocycles. The summed E-state index contributed by atoms with van der Waals surface area (Å²) < 4.78 is 0. The molecule has 1 aromatic carbocycles. The standard InChI is InChI=1S/C18H20N4O2/c23-16(11-15-13-3-1-2-4-14(13)18(24)21-15)22-9-5-12(6-10-22)17-19-7-8-20-17/h1-4,7-8,12,15H,5-6,9-11H2,(H,19,20)(H,21,24). The molecule has 1 aromatic heterocycles. The van der Waals surface area contributed by atoms with Gasteiger partial charge >= 0.3 is 0 Å². The second-order valence-corrected chi connectivity index (χ2v) is 6.45. The van der Waals surface area contributed by atoms with Crippen molar-refractivity contribution in [2.45, 2.75) is 31.2 Å². The fraction of sp³-hybridized carbons (Fsp3) is 0.389. The van der Waals surface area contributed by atoms with E-state index in [0.717, 1.165) is 37.3 Å². The molecule has 6 heteroatoms. The van der Waals surface area contributed by atoms with E-state index in [-0.39, 0.29) is 17.9 Å². The third-order valence-electron chi connectivity index (χ3n) is 5.02. The van der Waals surface area contributed by atoms with Gasteiger partial charge in [-0.05, 0) is 24.5 Å². The summed E-state index contributed by atoms with van der Waals surface area (Å²) in [5.41, 5.74) is 1.62. The van der Waals surface area contributed by atoms with Gasteiger partial charge in [0.2, 0.25) is 5.91 Å². The number of amides is 2. The van der Waals surface area contributed by atoms with Crippen LogP contribution in [0, 0.1) is 0 Å². The molecule has 1 saturated heterocycles. The first-order valence-electron chi connectivity index (χ1n) is 8.39. The Morgan fingerprint density at radius 3 is 2.79 bits per heavy atom. The molecule has 2 aliphatic rings. The van der Waals surface area contributed by atoms with E-state index < -0.39 is 0 Å². The van der Waals surface area contributed by atoms with Crippen molar-refractivity contribution in [3.63, 3.8) is 0 Å². The molecule has 0 bridgehead atoms. The molecule has 24 heavy (non-hydrogen) atoms. The van der Waals surface area contributed by atoms with Gasteiger partial charge in [-0.25, -0.2) is 4.98 Å². The third kappa shape index (κ3) is 2.68. The van der Waals surface area contributed by atoms with Crippen LogP contribution in [0.15, 0.2) is 36.7 Å². The van der Waals surface area contributed by atoms with Gasteiger partial charge in [0.25, 0.3) is 5.91 Å². The first-order valence-corrected chi connectivity index (χ1v) is 8.39. The van der Waals surface area contributed by atoms with E-state index in [4.69, 9.17) is 0 Å². The number of aromatic amines is 1. The molecule has 2 N–H and O–H groups in total. The predicted molar refractivity (Wildman–Crippen MR) is 88.4 cm³/mol. The van der Waals surface area contributed by atoms with E-state index in [1.165, 1.54) is 0 Å². The first-order chi connectivity index (χ1) is 11.7. The van der Waals surface area contributed by atoms with Crippen LogP contribution in [0.2, 0.25) is 0 Å². The molecule has 2 aromatic rings. The van der Waals surface area contributed by atoms with E-state index in [1.807, 2.05) is 35.4 Å². The monoisotopic (exact) mass is 324 g/mol. The van der Waals surface area contributed by atoms with E-state index in [9.17, 15) is 9.59 Å². The number of carbonyl (C=O) groups excluding carboxylic acids is 2. The highest BCUT2D eigenvalue weighted by Crippen LogP contribution is 2.30. The summed E-state index contributed by atoms with van der Waals surface area (Å²) in [7, 11) is 0. The van der Waals surface area contributed by atoms with Gasteiger partial charge < -0.3 is 15.2 Å². The van der Waals surface area contributed by atoms with Crippen LogP contribution in [0.5, 0.6) is 0 Å². The molecule has 0 spiro atoms. The van der Waals surface area contributed by atoms with Crippen LogP contribution < -0.4 is 5.32 Å². The van der Waals surface area contributed by atoms with Gasteiger partial charge in [-0.2, -0.15) is 0 Å². The number of piperidine rings is 1. The molecule has 4 rings (SSSR count). The zero-order valence-corrected chi connectivity index (χ0v) is 13.4. The number of imidazole rings is 1. The maximum absolute atomic E-state index is 12.6. The molecule has 0 aliphatic carbocycles. The van der Waals surface area contributed by atoms with Crippen molar-refractivity contribution in [3.05, 3.63) is 53.6 Å². The van der Waals surface area contributed by atoms with Gasteiger partial charge in [0, 0.05) is 37.0 Å². The smallest absolute Gasteiger partial charge is 0.252 e. The number of H-pyrrole nitrogens is 1. The number of hydrogen-bond acceptors (Lipinski definition) is 3. The quantitative estimate of drug-likeness (QED) is 0.906. The van der Waals surface area contributed by atoms with E-state index >= 15 is 0 Å². The summed E-state index contributed by atoms with van der Waals surface area (Å²) >= 11 is 0. The van der Waals surface area contributed by atoms with Crippen LogP contribution in [-0.2, 0) is 4.79 Å². The number of nitrogens with zero attached hydrogens (tertiary/aromatic N) is 2. The number of benzene rings is 1. The second kappa shape index (κ2) is 6.11. The summed E-state index contributed by atoms with van der Waals surface area (Å²) in [4.78, 5) is 34.0. The Morgan fingerprint density at radius 1 is 1.25 bits per heavy atom. The summed E-state index contributed by atoms with van der Waals surface area (Å²) in [6, 6.07) is 7.29. The van der Waals surface area contributed by atoms with Gasteiger partial charge in [0.1, 0.15) is 5.82 Å². The number of likely N-dealkylation sites (tertiary alicyclic amines) is 1. The second-order valence-electron chi connectivity index (χ2n) is 6.45. The lowest BCUT2D eigenvalue weighted by Crippen LogP contribution is -2.39. The summed E-state index contributed by atoms with van der Waals surface area (Å²) in [5.74, 6) is 1.44. The van der Waals surface area contributed by atoms with E-state index in [2.05, 4.69) is 15.3 Å². The number of hydrogen-bond donors (Lipinski definition) is 2. The van der Waals surface area contributed by atoms with Crippen LogP contribution in [-0.4, -0.2) is 39.8 Å². The van der Waals surface area contributed by atoms with Gasteiger partial charge in [-0.1, -0.05) is 18.2 Å². The summed E-state index contributed by atoms with van der Waals surface area (Å²) in [6.45, 7) is 1.49. The Morgan fingerprint density at radius 2 is 2.04 bits per heavy atom. The van der Waals surface area contributed by atoms with Crippen molar-refractivity contribution < 1.29 is 9.59 Å². The largest absolute Gasteiger partial charge is 0.348 e. The third-order valence-corrected chi connectivity index (χ3v) is 5.02. The van der Waals surface area contributed by atoms with Gasteiger partial charge in [0.15, 0.2) is 0 Å². The molecule has 1 atom stereocenters. The van der Waals surface area contributed by atoms with Gasteiger partial charge in [-0.3, -0.25) is 9.59 Å². The Hall–Kier alpha value is -2.63. The molecule has 124 valence electrons. The van der Waals surface area contributed by atoms with Gasteiger partial charge in [-0.15, -0.1) is 0 Å². The molecule has 6 nitrogen and oxygen atoms in total. The lowest BCUT2D eigenvalue weighted by Gasteiger charge is -2.32. The number of nitrogens with one attached hydrogen (secondary N) is 2. The Balaban J connectivity index is 1.37. The fourth-order valence-electron chi connectivity index (χ4n) is 3.69. The average Bonchev–Trinajstić information content (AvgIpc) is 3.25. The molecular weight excluding hydrogens is 304 g/mol. The zero-order chi connectivity index (χ0) is 16.5. The summed E-state index contributed by atoms with van der Waals surface area (Å²) in [6.07, 6.45) is 5.79. The predicted octanol–water partition coefficient (Wildman–Crippen LogP) is 1.99. The van der Waals surface area contributed by atoms with Crippen LogP contribution in [0.3, 0.4) is 0 Å². The Kier molecular flexibility index (Phi) is 3.80. The van der Waals surface area contributed by atoms with Crippen molar-refractivity contribution >= 4 is 11.8 Å². The molecule has 2 amide bonds. The van der Waals surface area contributed by atoms with Crippen LogP contribution in [0.25, 0.3) is 0 Å². The van der Waals surface area contributed by atoms with E-state index in [0.29, 0.717) is 17.9 Å². The maximum Gasteiger partial charge on any atom is 0.252 e. The minimum Gasteiger partial charge on any atom is -0.348 e. The highest BCUT2D eigenvalue weighted by Gasteiger charge is 2.32. The number of aromatic nitrogens is 2. The number of fused-ring (bicyclic) bond motifs is 1. The highest BCUT2D eigenvalue weighted by molar-refractivity contribution is 5.99. The van der Waals surface area contributed by atoms with E-state index in [1.54, 1.807) is 6.20 Å². The molecule has 3 heterocycles. The van der Waals surface area contributed by atoms with Crippen LogP contribution in [0.4, 0.5) is 0 Å². The lowest BCUT2D eigenvalue weighted by molar-refractivity contribution is -0.132. The highest BCUT2D eigenvalue weighted by atomic mass is 16.2. The lowest BCUT2D eigenvalue weighted by atomic mass is 9.95. The number of rotatable bonds is 3. The Bertz CT molecular complexity index is 748. The van der Waals surface area contributed by atoms with Crippen molar-refractivity contribution in [2.75, 3.05) is 13.1 Å². The number of carbonyl (C=O) groups is 2.